The molecule has 1 amide bonds. The number of benzene rings is 2. The fraction of sp³-hybridized carbons (Fsp3) is 0.375. The molecule has 30 heavy (non-hydrogen) atoms. The lowest BCUT2D eigenvalue weighted by molar-refractivity contribution is -0.0150. The molecule has 3 N–H and O–H groups in total. The molecule has 1 aliphatic heterocycles. The predicted molar refractivity (Wildman–Crippen MR) is 116 cm³/mol. The normalized spacial score (nSPS) is 21.1. The first-order valence-electron chi connectivity index (χ1n) is 10.6. The first kappa shape index (κ1) is 20.4. The molecule has 0 aliphatic carbocycles. The topological polar surface area (TPSA) is 85.8 Å². The molecular weight excluding hydrogens is 380 g/mol. The molecule has 4 rings (SSSR count). The lowest BCUT2D eigenvalue weighted by Gasteiger charge is -2.25. The van der Waals surface area contributed by atoms with Crippen LogP contribution < -0.4 is 4.74 Å². The Balaban J connectivity index is 1.54. The largest absolute Gasteiger partial charge is 0.491 e. The third-order valence-corrected chi connectivity index (χ3v) is 5.76. The van der Waals surface area contributed by atoms with Crippen LogP contribution in [0.5, 0.6) is 5.75 Å². The summed E-state index contributed by atoms with van der Waals surface area (Å²) < 4.78 is 5.77. The molecule has 0 saturated heterocycles. The van der Waals surface area contributed by atoms with Crippen molar-refractivity contribution < 1.29 is 19.7 Å². The molecule has 0 unspecified atom stereocenters. The second kappa shape index (κ2) is 9.32. The lowest BCUT2D eigenvalue weighted by Crippen LogP contribution is -2.38. The standard InChI is InChI=1S/C24H28N2O4/c27-21-12-15-26(24(29)19-8-5-9-20-18(19)11-13-25-20)14-4-3-7-17-6-1-2-10-23(17)30-16-22(21)28/h1-2,5-6,8-11,13,21-22,25,27-28H,3-4,7,12,14-16H2/t21-,22+/m0/s1. The molecule has 0 saturated carbocycles. The van der Waals surface area contributed by atoms with E-state index in [4.69, 9.17) is 4.74 Å². The molecule has 2 heterocycles. The molecule has 1 aromatic heterocycles. The summed E-state index contributed by atoms with van der Waals surface area (Å²) in [6.07, 6.45) is 2.76. The van der Waals surface area contributed by atoms with Gasteiger partial charge in [-0.1, -0.05) is 24.3 Å². The summed E-state index contributed by atoms with van der Waals surface area (Å²) in [6.45, 7) is 1.01. The van der Waals surface area contributed by atoms with Crippen molar-refractivity contribution in [3.05, 3.63) is 65.9 Å². The van der Waals surface area contributed by atoms with Gasteiger partial charge in [-0.15, -0.1) is 0 Å². The number of aromatic amines is 1. The summed E-state index contributed by atoms with van der Waals surface area (Å²) in [6, 6.07) is 15.4. The van der Waals surface area contributed by atoms with Crippen molar-refractivity contribution in [2.75, 3.05) is 19.7 Å². The van der Waals surface area contributed by atoms with Gasteiger partial charge < -0.3 is 24.8 Å². The van der Waals surface area contributed by atoms with Gasteiger partial charge in [0.1, 0.15) is 18.5 Å². The molecule has 6 nitrogen and oxygen atoms in total. The Morgan fingerprint density at radius 3 is 2.77 bits per heavy atom. The maximum atomic E-state index is 13.3. The Bertz CT molecular complexity index is 1000. The molecule has 2 atom stereocenters. The zero-order valence-electron chi connectivity index (χ0n) is 17.0. The van der Waals surface area contributed by atoms with Gasteiger partial charge in [-0.3, -0.25) is 4.79 Å². The maximum Gasteiger partial charge on any atom is 0.254 e. The first-order valence-corrected chi connectivity index (χ1v) is 10.6. The molecule has 2 aromatic carbocycles. The van der Waals surface area contributed by atoms with Gasteiger partial charge in [-0.05, 0) is 55.5 Å². The van der Waals surface area contributed by atoms with E-state index in [0.717, 1.165) is 41.5 Å². The molecule has 6 heteroatoms. The number of amides is 1. The van der Waals surface area contributed by atoms with Crippen molar-refractivity contribution in [1.82, 2.24) is 9.88 Å². The minimum atomic E-state index is -1.01. The van der Waals surface area contributed by atoms with E-state index >= 15 is 0 Å². The summed E-state index contributed by atoms with van der Waals surface area (Å²) >= 11 is 0. The number of fused-ring (bicyclic) bond motifs is 2. The number of para-hydroxylation sites is 1. The highest BCUT2D eigenvalue weighted by molar-refractivity contribution is 6.06. The van der Waals surface area contributed by atoms with Crippen LogP contribution in [0.25, 0.3) is 10.9 Å². The zero-order valence-corrected chi connectivity index (χ0v) is 17.0. The van der Waals surface area contributed by atoms with Gasteiger partial charge in [-0.25, -0.2) is 0 Å². The first-order chi connectivity index (χ1) is 14.6. The minimum absolute atomic E-state index is 0.0226. The molecule has 0 fully saturated rings. The SMILES string of the molecule is O=C(c1cccc2[nH]ccc12)N1CCCCc2ccccc2OC[C@@H](O)[C@@H](O)CC1. The van der Waals surface area contributed by atoms with Crippen LogP contribution >= 0.6 is 0 Å². The predicted octanol–water partition coefficient (Wildman–Crippen LogP) is 3.14. The summed E-state index contributed by atoms with van der Waals surface area (Å²) in [5, 5.41) is 21.6. The Labute approximate surface area is 176 Å². The lowest BCUT2D eigenvalue weighted by atomic mass is 10.1. The number of aryl methyl sites for hydroxylation is 1. The quantitative estimate of drug-likeness (QED) is 0.577. The molecule has 0 radical (unpaired) electrons. The van der Waals surface area contributed by atoms with E-state index in [2.05, 4.69) is 4.98 Å². The van der Waals surface area contributed by atoms with Gasteiger partial charge in [0.2, 0.25) is 0 Å². The van der Waals surface area contributed by atoms with Crippen molar-refractivity contribution in [2.45, 2.75) is 37.9 Å². The number of nitrogens with one attached hydrogen (secondary N) is 1. The van der Waals surface area contributed by atoms with Crippen LogP contribution in [0.1, 0.15) is 35.2 Å². The number of H-pyrrole nitrogens is 1. The summed E-state index contributed by atoms with van der Waals surface area (Å²) in [5.41, 5.74) is 2.66. The third-order valence-electron chi connectivity index (χ3n) is 5.76. The minimum Gasteiger partial charge on any atom is -0.491 e. The fourth-order valence-corrected chi connectivity index (χ4v) is 3.99. The van der Waals surface area contributed by atoms with Gasteiger partial charge in [0.15, 0.2) is 0 Å². The van der Waals surface area contributed by atoms with Gasteiger partial charge in [0, 0.05) is 35.8 Å². The third kappa shape index (κ3) is 4.50. The second-order valence-electron chi connectivity index (χ2n) is 7.84. The number of nitrogens with zero attached hydrogens (tertiary/aromatic N) is 1. The highest BCUT2D eigenvalue weighted by atomic mass is 16.5. The average molecular weight is 408 g/mol. The Hall–Kier alpha value is -2.83. The number of aromatic nitrogens is 1. The van der Waals surface area contributed by atoms with Crippen LogP contribution in [0.4, 0.5) is 0 Å². The highest BCUT2D eigenvalue weighted by Gasteiger charge is 2.23. The van der Waals surface area contributed by atoms with Crippen molar-refractivity contribution in [3.8, 4) is 5.75 Å². The van der Waals surface area contributed by atoms with Crippen molar-refractivity contribution in [3.63, 3.8) is 0 Å². The monoisotopic (exact) mass is 408 g/mol. The van der Waals surface area contributed by atoms with Crippen LogP contribution in [0.2, 0.25) is 0 Å². The number of hydrogen-bond acceptors (Lipinski definition) is 4. The van der Waals surface area contributed by atoms with Crippen molar-refractivity contribution in [2.24, 2.45) is 0 Å². The van der Waals surface area contributed by atoms with E-state index in [1.165, 1.54) is 0 Å². The number of aliphatic hydroxyl groups is 2. The summed E-state index contributed by atoms with van der Waals surface area (Å²) in [7, 11) is 0. The van der Waals surface area contributed by atoms with E-state index in [9.17, 15) is 15.0 Å². The van der Waals surface area contributed by atoms with Crippen LogP contribution in [0, 0.1) is 0 Å². The molecule has 0 bridgehead atoms. The van der Waals surface area contributed by atoms with Gasteiger partial charge in [-0.2, -0.15) is 0 Å². The number of hydrogen-bond donors (Lipinski definition) is 3. The second-order valence-corrected chi connectivity index (χ2v) is 7.84. The molecule has 3 aromatic rings. The Morgan fingerprint density at radius 1 is 1.00 bits per heavy atom. The molecule has 1 aliphatic rings. The summed E-state index contributed by atoms with van der Waals surface area (Å²) in [5.74, 6) is 0.698. The van der Waals surface area contributed by atoms with Crippen LogP contribution in [-0.4, -0.2) is 57.9 Å². The van der Waals surface area contributed by atoms with E-state index in [0.29, 0.717) is 25.1 Å². The van der Waals surface area contributed by atoms with E-state index in [1.807, 2.05) is 54.7 Å². The molecule has 0 spiro atoms. The average Bonchev–Trinajstić information content (AvgIpc) is 3.25. The van der Waals surface area contributed by atoms with Gasteiger partial charge in [0.05, 0.1) is 6.10 Å². The number of rotatable bonds is 1. The van der Waals surface area contributed by atoms with E-state index in [-0.39, 0.29) is 12.5 Å². The summed E-state index contributed by atoms with van der Waals surface area (Å²) in [4.78, 5) is 18.3. The van der Waals surface area contributed by atoms with E-state index < -0.39 is 12.2 Å². The maximum absolute atomic E-state index is 13.3. The number of aliphatic hydroxyl groups excluding tert-OH is 2. The van der Waals surface area contributed by atoms with Gasteiger partial charge in [0.25, 0.3) is 5.91 Å². The van der Waals surface area contributed by atoms with E-state index in [1.54, 1.807) is 4.90 Å². The van der Waals surface area contributed by atoms with Crippen molar-refractivity contribution in [1.29, 1.82) is 0 Å². The zero-order chi connectivity index (χ0) is 20.9. The van der Waals surface area contributed by atoms with Crippen molar-refractivity contribution >= 4 is 16.8 Å². The van der Waals surface area contributed by atoms with Crippen LogP contribution in [0.3, 0.4) is 0 Å². The number of carbonyl (C=O) groups excluding carboxylic acids is 1. The highest BCUT2D eigenvalue weighted by Crippen LogP contribution is 2.23. The Kier molecular flexibility index (Phi) is 6.35. The fourth-order valence-electron chi connectivity index (χ4n) is 3.99. The van der Waals surface area contributed by atoms with Crippen LogP contribution in [0.15, 0.2) is 54.7 Å². The van der Waals surface area contributed by atoms with Gasteiger partial charge >= 0.3 is 0 Å². The molecule has 158 valence electrons. The molecular formula is C24H28N2O4. The number of ether oxygens (including phenoxy) is 1. The van der Waals surface area contributed by atoms with Crippen LogP contribution in [-0.2, 0) is 6.42 Å². The smallest absolute Gasteiger partial charge is 0.254 e. The number of carbonyl (C=O) groups is 1. The Morgan fingerprint density at radius 2 is 1.87 bits per heavy atom.